The molecule has 0 unspecified atom stereocenters. The van der Waals surface area contributed by atoms with Gasteiger partial charge in [0.25, 0.3) is 0 Å². The van der Waals surface area contributed by atoms with E-state index in [-0.39, 0.29) is 23.1 Å². The maximum Gasteiger partial charge on any atom is 0.243 e. The first-order valence-corrected chi connectivity index (χ1v) is 12.1. The number of amides is 2. The van der Waals surface area contributed by atoms with Crippen LogP contribution in [-0.2, 0) is 24.3 Å². The summed E-state index contributed by atoms with van der Waals surface area (Å²) in [5.41, 5.74) is 3.45. The summed E-state index contributed by atoms with van der Waals surface area (Å²) >= 11 is 0. The molecule has 4 rings (SSSR count). The van der Waals surface area contributed by atoms with E-state index in [0.29, 0.717) is 38.5 Å². The second-order valence-corrected chi connectivity index (χ2v) is 10.1. The molecule has 8 nitrogen and oxygen atoms in total. The van der Waals surface area contributed by atoms with Crippen LogP contribution in [0.25, 0.3) is 0 Å². The van der Waals surface area contributed by atoms with Crippen LogP contribution in [0.2, 0.25) is 0 Å². The maximum atomic E-state index is 12.8. The van der Waals surface area contributed by atoms with Crippen molar-refractivity contribution in [1.82, 2.24) is 4.31 Å². The number of rotatable bonds is 5. The first-order chi connectivity index (χ1) is 15.3. The van der Waals surface area contributed by atoms with Gasteiger partial charge in [0.2, 0.25) is 21.8 Å². The van der Waals surface area contributed by atoms with Gasteiger partial charge < -0.3 is 15.0 Å². The van der Waals surface area contributed by atoms with Crippen LogP contribution in [0.1, 0.15) is 17.5 Å². The van der Waals surface area contributed by atoms with Crippen LogP contribution in [0.15, 0.2) is 47.4 Å². The first-order valence-electron chi connectivity index (χ1n) is 10.6. The van der Waals surface area contributed by atoms with Gasteiger partial charge in [-0.05, 0) is 55.3 Å². The van der Waals surface area contributed by atoms with Gasteiger partial charge in [-0.15, -0.1) is 0 Å². The maximum absolute atomic E-state index is 12.8. The Kier molecular flexibility index (Phi) is 6.32. The average molecular weight is 458 g/mol. The van der Waals surface area contributed by atoms with Crippen LogP contribution in [0.4, 0.5) is 11.4 Å². The zero-order chi connectivity index (χ0) is 22.9. The predicted molar refractivity (Wildman–Crippen MR) is 121 cm³/mol. The minimum Gasteiger partial charge on any atom is -0.379 e. The van der Waals surface area contributed by atoms with Gasteiger partial charge in [0.15, 0.2) is 0 Å². The highest BCUT2D eigenvalue weighted by Gasteiger charge is 2.36. The smallest absolute Gasteiger partial charge is 0.243 e. The Hall–Kier alpha value is -2.75. The summed E-state index contributed by atoms with van der Waals surface area (Å²) in [6.07, 6.45) is 0.142. The number of anilines is 2. The highest BCUT2D eigenvalue weighted by Crippen LogP contribution is 2.30. The Morgan fingerprint density at radius 1 is 1.06 bits per heavy atom. The van der Waals surface area contributed by atoms with Crippen molar-refractivity contribution in [3.63, 3.8) is 0 Å². The van der Waals surface area contributed by atoms with Crippen molar-refractivity contribution >= 4 is 33.2 Å². The van der Waals surface area contributed by atoms with Crippen molar-refractivity contribution in [2.24, 2.45) is 5.92 Å². The second-order valence-electron chi connectivity index (χ2n) is 8.15. The predicted octanol–water partition coefficient (Wildman–Crippen LogP) is 2.32. The molecule has 2 heterocycles. The SMILES string of the molecule is Cc1cccc(N2C[C@H](C(=O)Nc3ccc(S(=O)(=O)N4CCOCC4)cc3)CC2=O)c1C. The third-order valence-corrected chi connectivity index (χ3v) is 8.01. The summed E-state index contributed by atoms with van der Waals surface area (Å²) < 4.78 is 32.1. The summed E-state index contributed by atoms with van der Waals surface area (Å²) in [6.45, 7) is 5.70. The molecule has 170 valence electrons. The molecule has 0 aromatic heterocycles. The van der Waals surface area contributed by atoms with E-state index < -0.39 is 15.9 Å². The number of ether oxygens (including phenoxy) is 1. The zero-order valence-electron chi connectivity index (χ0n) is 18.2. The molecule has 2 aromatic rings. The topological polar surface area (TPSA) is 96.0 Å². The number of hydrogen-bond donors (Lipinski definition) is 1. The lowest BCUT2D eigenvalue weighted by molar-refractivity contribution is -0.122. The standard InChI is InChI=1S/C23H27N3O5S/c1-16-4-3-5-21(17(16)2)26-15-18(14-22(26)27)23(28)24-19-6-8-20(9-7-19)32(29,30)25-10-12-31-13-11-25/h3-9,18H,10-15H2,1-2H3,(H,24,28)/t18-/m1/s1. The molecule has 1 N–H and O–H groups in total. The Bertz CT molecular complexity index is 1120. The van der Waals surface area contributed by atoms with Gasteiger partial charge in [-0.25, -0.2) is 8.42 Å². The molecule has 0 radical (unpaired) electrons. The van der Waals surface area contributed by atoms with Crippen LogP contribution < -0.4 is 10.2 Å². The number of morpholine rings is 1. The van der Waals surface area contributed by atoms with E-state index in [1.165, 1.54) is 16.4 Å². The molecule has 2 aliphatic heterocycles. The van der Waals surface area contributed by atoms with Crippen LogP contribution in [0.5, 0.6) is 0 Å². The molecular weight excluding hydrogens is 430 g/mol. The van der Waals surface area contributed by atoms with E-state index in [4.69, 9.17) is 4.74 Å². The molecule has 0 spiro atoms. The van der Waals surface area contributed by atoms with E-state index in [0.717, 1.165) is 16.8 Å². The van der Waals surface area contributed by atoms with Gasteiger partial charge in [0, 0.05) is 37.4 Å². The molecule has 0 aliphatic carbocycles. The van der Waals surface area contributed by atoms with Crippen molar-refractivity contribution in [2.45, 2.75) is 25.2 Å². The van der Waals surface area contributed by atoms with Crippen molar-refractivity contribution < 1.29 is 22.7 Å². The van der Waals surface area contributed by atoms with Crippen molar-refractivity contribution in [3.05, 3.63) is 53.6 Å². The van der Waals surface area contributed by atoms with Crippen LogP contribution >= 0.6 is 0 Å². The van der Waals surface area contributed by atoms with E-state index >= 15 is 0 Å². The molecule has 2 amide bonds. The number of sulfonamides is 1. The highest BCUT2D eigenvalue weighted by molar-refractivity contribution is 7.89. The lowest BCUT2D eigenvalue weighted by Crippen LogP contribution is -2.40. The van der Waals surface area contributed by atoms with Crippen LogP contribution in [0.3, 0.4) is 0 Å². The molecule has 0 saturated carbocycles. The van der Waals surface area contributed by atoms with Gasteiger partial charge in [0.05, 0.1) is 24.0 Å². The Labute approximate surface area is 188 Å². The summed E-state index contributed by atoms with van der Waals surface area (Å²) in [5, 5.41) is 2.81. The number of nitrogens with one attached hydrogen (secondary N) is 1. The molecule has 2 fully saturated rings. The number of aryl methyl sites for hydroxylation is 1. The first kappa shape index (κ1) is 22.4. The molecule has 1 atom stereocenters. The van der Waals surface area contributed by atoms with Crippen LogP contribution in [-0.4, -0.2) is 57.4 Å². The quantitative estimate of drug-likeness (QED) is 0.743. The lowest BCUT2D eigenvalue weighted by atomic mass is 10.1. The minimum absolute atomic E-state index is 0.0780. The summed E-state index contributed by atoms with van der Waals surface area (Å²) in [7, 11) is -3.59. The van der Waals surface area contributed by atoms with E-state index in [1.54, 1.807) is 17.0 Å². The molecule has 2 saturated heterocycles. The van der Waals surface area contributed by atoms with Gasteiger partial charge >= 0.3 is 0 Å². The Morgan fingerprint density at radius 2 is 1.75 bits per heavy atom. The van der Waals surface area contributed by atoms with E-state index in [2.05, 4.69) is 5.32 Å². The number of benzene rings is 2. The molecule has 2 aromatic carbocycles. The van der Waals surface area contributed by atoms with Crippen LogP contribution in [0, 0.1) is 19.8 Å². The van der Waals surface area contributed by atoms with Gasteiger partial charge in [-0.2, -0.15) is 4.31 Å². The third kappa shape index (κ3) is 4.41. The van der Waals surface area contributed by atoms with Gasteiger partial charge in [-0.3, -0.25) is 9.59 Å². The van der Waals surface area contributed by atoms with Gasteiger partial charge in [0.1, 0.15) is 0 Å². The Balaban J connectivity index is 1.42. The Morgan fingerprint density at radius 3 is 2.44 bits per heavy atom. The van der Waals surface area contributed by atoms with Crippen molar-refractivity contribution in [1.29, 1.82) is 0 Å². The van der Waals surface area contributed by atoms with Gasteiger partial charge in [-0.1, -0.05) is 12.1 Å². The average Bonchev–Trinajstić information content (AvgIpc) is 3.18. The fraction of sp³-hybridized carbons (Fsp3) is 0.391. The molecule has 2 aliphatic rings. The third-order valence-electron chi connectivity index (χ3n) is 6.09. The minimum atomic E-state index is -3.59. The zero-order valence-corrected chi connectivity index (χ0v) is 19.0. The molecule has 9 heteroatoms. The molecule has 0 bridgehead atoms. The highest BCUT2D eigenvalue weighted by atomic mass is 32.2. The fourth-order valence-corrected chi connectivity index (χ4v) is 5.44. The number of nitrogens with zero attached hydrogens (tertiary/aromatic N) is 2. The van der Waals surface area contributed by atoms with Crippen molar-refractivity contribution in [2.75, 3.05) is 43.1 Å². The largest absolute Gasteiger partial charge is 0.379 e. The number of carbonyl (C=O) groups is 2. The lowest BCUT2D eigenvalue weighted by Gasteiger charge is -2.26. The van der Waals surface area contributed by atoms with E-state index in [1.807, 2.05) is 32.0 Å². The number of carbonyl (C=O) groups excluding carboxylic acids is 2. The summed E-state index contributed by atoms with van der Waals surface area (Å²) in [5.74, 6) is -0.806. The summed E-state index contributed by atoms with van der Waals surface area (Å²) in [4.78, 5) is 27.2. The monoisotopic (exact) mass is 457 g/mol. The molecular formula is C23H27N3O5S. The van der Waals surface area contributed by atoms with Crippen molar-refractivity contribution in [3.8, 4) is 0 Å². The second kappa shape index (κ2) is 9.01. The summed E-state index contributed by atoms with van der Waals surface area (Å²) in [6, 6.07) is 11.9. The fourth-order valence-electron chi connectivity index (χ4n) is 4.03. The molecule has 32 heavy (non-hydrogen) atoms. The number of hydrogen-bond acceptors (Lipinski definition) is 5. The normalized spacial score (nSPS) is 19.9. The van der Waals surface area contributed by atoms with E-state index in [9.17, 15) is 18.0 Å².